The van der Waals surface area contributed by atoms with Gasteiger partial charge in [0.2, 0.25) is 5.82 Å². The van der Waals surface area contributed by atoms with Crippen molar-refractivity contribution in [1.82, 2.24) is 9.78 Å². The van der Waals surface area contributed by atoms with Crippen molar-refractivity contribution in [3.8, 4) is 0 Å². The lowest BCUT2D eigenvalue weighted by molar-refractivity contribution is 0.0692. The first kappa shape index (κ1) is 16.4. The lowest BCUT2D eigenvalue weighted by atomic mass is 10.2. The van der Waals surface area contributed by atoms with E-state index in [4.69, 9.17) is 5.11 Å². The van der Waals surface area contributed by atoms with Crippen LogP contribution in [0, 0.1) is 29.1 Å². The summed E-state index contributed by atoms with van der Waals surface area (Å²) in [5, 5.41) is 13.8. The van der Waals surface area contributed by atoms with E-state index in [0.29, 0.717) is 0 Å². The van der Waals surface area contributed by atoms with Gasteiger partial charge in [-0.2, -0.15) is 5.10 Å². The number of carbonyl (C=O) groups is 2. The van der Waals surface area contributed by atoms with Crippen LogP contribution in [0.25, 0.3) is 0 Å². The van der Waals surface area contributed by atoms with Gasteiger partial charge in [0.15, 0.2) is 29.0 Å². The first-order chi connectivity index (χ1) is 10.6. The summed E-state index contributed by atoms with van der Waals surface area (Å²) in [7, 11) is 1.27. The van der Waals surface area contributed by atoms with Crippen molar-refractivity contribution in [3.63, 3.8) is 0 Å². The van der Waals surface area contributed by atoms with E-state index >= 15 is 0 Å². The highest BCUT2D eigenvalue weighted by Gasteiger charge is 2.29. The predicted octanol–water partition coefficient (Wildman–Crippen LogP) is 2.07. The molecule has 11 heteroatoms. The Hall–Kier alpha value is -2.98. The molecule has 1 aromatic heterocycles. The molecule has 0 aliphatic rings. The molecule has 0 radical (unpaired) electrons. The molecular weight excluding hydrogens is 329 g/mol. The first-order valence-electron chi connectivity index (χ1n) is 5.74. The topological polar surface area (TPSA) is 84.2 Å². The number of aromatic carboxylic acids is 1. The zero-order valence-corrected chi connectivity index (χ0v) is 11.1. The van der Waals surface area contributed by atoms with E-state index in [9.17, 15) is 31.5 Å². The maximum atomic E-state index is 13.5. The van der Waals surface area contributed by atoms with E-state index in [1.165, 1.54) is 12.4 Å². The highest BCUT2D eigenvalue weighted by molar-refractivity contribution is 6.09. The highest BCUT2D eigenvalue weighted by atomic mass is 19.2. The summed E-state index contributed by atoms with van der Waals surface area (Å²) in [5.41, 5.74) is -2.98. The van der Waals surface area contributed by atoms with Gasteiger partial charge >= 0.3 is 5.97 Å². The molecule has 0 unspecified atom stereocenters. The van der Waals surface area contributed by atoms with Crippen molar-refractivity contribution in [2.75, 3.05) is 5.32 Å². The fourth-order valence-electron chi connectivity index (χ4n) is 1.70. The Labute approximate surface area is 124 Å². The number of hydrogen-bond donors (Lipinski definition) is 2. The second-order valence-electron chi connectivity index (χ2n) is 4.27. The van der Waals surface area contributed by atoms with Gasteiger partial charge in [0.05, 0.1) is 0 Å². The number of benzene rings is 1. The Balaban J connectivity index is 2.49. The third-order valence-corrected chi connectivity index (χ3v) is 2.72. The van der Waals surface area contributed by atoms with Gasteiger partial charge in [0.1, 0.15) is 11.3 Å². The normalized spacial score (nSPS) is 10.7. The Kier molecular flexibility index (Phi) is 4.04. The number of anilines is 1. The van der Waals surface area contributed by atoms with Gasteiger partial charge in [-0.3, -0.25) is 9.48 Å². The molecule has 1 heterocycles. The molecule has 0 spiro atoms. The average Bonchev–Trinajstić information content (AvgIpc) is 2.90. The summed E-state index contributed by atoms with van der Waals surface area (Å²) >= 11 is 0. The minimum Gasteiger partial charge on any atom is -0.478 e. The number of carboxylic acid groups (broad SMARTS) is 1. The van der Waals surface area contributed by atoms with Gasteiger partial charge in [-0.15, -0.1) is 0 Å². The third kappa shape index (κ3) is 2.72. The van der Waals surface area contributed by atoms with Gasteiger partial charge in [-0.1, -0.05) is 0 Å². The first-order valence-corrected chi connectivity index (χ1v) is 5.74. The molecule has 23 heavy (non-hydrogen) atoms. The summed E-state index contributed by atoms with van der Waals surface area (Å²) < 4.78 is 66.8. The largest absolute Gasteiger partial charge is 0.478 e. The van der Waals surface area contributed by atoms with Gasteiger partial charge in [-0.05, 0) is 0 Å². The van der Waals surface area contributed by atoms with Gasteiger partial charge in [0.25, 0.3) is 5.91 Å². The molecule has 0 atom stereocenters. The number of carbonyl (C=O) groups excluding carboxylic acids is 1. The fourth-order valence-corrected chi connectivity index (χ4v) is 1.70. The van der Waals surface area contributed by atoms with E-state index < -0.39 is 57.9 Å². The molecule has 2 N–H and O–H groups in total. The van der Waals surface area contributed by atoms with Gasteiger partial charge in [0, 0.05) is 13.2 Å². The number of hydrogen-bond acceptors (Lipinski definition) is 3. The smallest absolute Gasteiger partial charge is 0.339 e. The van der Waals surface area contributed by atoms with Crippen molar-refractivity contribution in [1.29, 1.82) is 0 Å². The van der Waals surface area contributed by atoms with Crippen LogP contribution in [0.3, 0.4) is 0 Å². The van der Waals surface area contributed by atoms with E-state index in [0.717, 1.165) is 10.9 Å². The molecule has 2 rings (SSSR count). The average molecular weight is 335 g/mol. The Morgan fingerprint density at radius 2 is 1.52 bits per heavy atom. The lowest BCUT2D eigenvalue weighted by Crippen LogP contribution is -2.19. The van der Waals surface area contributed by atoms with E-state index in [-0.39, 0.29) is 0 Å². The third-order valence-electron chi connectivity index (χ3n) is 2.72. The molecule has 122 valence electrons. The number of nitrogens with zero attached hydrogens (tertiary/aromatic N) is 2. The molecule has 0 saturated carbocycles. The molecule has 6 nitrogen and oxygen atoms in total. The van der Waals surface area contributed by atoms with Crippen LogP contribution in [-0.2, 0) is 7.05 Å². The van der Waals surface area contributed by atoms with E-state index in [1.807, 2.05) is 0 Å². The minimum atomic E-state index is -2.39. The maximum absolute atomic E-state index is 13.5. The molecule has 0 aliphatic carbocycles. The predicted molar refractivity (Wildman–Crippen MR) is 64.4 cm³/mol. The second-order valence-corrected chi connectivity index (χ2v) is 4.27. The maximum Gasteiger partial charge on any atom is 0.339 e. The van der Waals surface area contributed by atoms with Crippen LogP contribution in [0.15, 0.2) is 6.20 Å². The number of halogens is 5. The highest BCUT2D eigenvalue weighted by Crippen LogP contribution is 2.27. The van der Waals surface area contributed by atoms with E-state index in [1.54, 1.807) is 0 Å². The van der Waals surface area contributed by atoms with Crippen LogP contribution in [0.4, 0.5) is 27.6 Å². The van der Waals surface area contributed by atoms with Crippen LogP contribution < -0.4 is 5.32 Å². The Morgan fingerprint density at radius 1 is 1.04 bits per heavy atom. The molecular formula is C12H6F5N3O3. The summed E-state index contributed by atoms with van der Waals surface area (Å²) in [5.74, 6) is -14.4. The molecule has 0 aliphatic heterocycles. The molecule has 1 amide bonds. The number of carboxylic acids is 1. The molecule has 2 aromatic rings. The van der Waals surface area contributed by atoms with Crippen LogP contribution in [0.1, 0.15) is 20.8 Å². The summed E-state index contributed by atoms with van der Waals surface area (Å²) in [6.07, 6.45) is 0.926. The lowest BCUT2D eigenvalue weighted by Gasteiger charge is -2.09. The summed E-state index contributed by atoms with van der Waals surface area (Å²) in [4.78, 5) is 22.8. The zero-order chi connectivity index (χ0) is 17.5. The zero-order valence-electron chi connectivity index (χ0n) is 11.1. The summed E-state index contributed by atoms with van der Waals surface area (Å²) in [6.45, 7) is 0. The number of amides is 1. The molecule has 0 saturated heterocycles. The number of rotatable bonds is 3. The summed E-state index contributed by atoms with van der Waals surface area (Å²) in [6, 6.07) is 0. The number of nitrogens with one attached hydrogen (secondary N) is 1. The van der Waals surface area contributed by atoms with Crippen LogP contribution in [0.5, 0.6) is 0 Å². The van der Waals surface area contributed by atoms with Crippen molar-refractivity contribution in [2.45, 2.75) is 0 Å². The fraction of sp³-hybridized carbons (Fsp3) is 0.0833. The standard InChI is InChI=1S/C12H6F5N3O3/c1-20-2-3(12(22)23)9(19-20)11(21)18-10-7(16)5(14)4(13)6(15)8(10)17/h2H,1H3,(H,18,21)(H,22,23). The van der Waals surface area contributed by atoms with Crippen molar-refractivity contribution < 1.29 is 36.6 Å². The second kappa shape index (κ2) is 5.66. The monoisotopic (exact) mass is 335 g/mol. The molecule has 1 aromatic carbocycles. The quantitative estimate of drug-likeness (QED) is 0.511. The molecule has 0 bridgehead atoms. The minimum absolute atomic E-state index is 0.617. The Morgan fingerprint density at radius 3 is 2.00 bits per heavy atom. The van der Waals surface area contributed by atoms with E-state index in [2.05, 4.69) is 5.10 Å². The number of aromatic nitrogens is 2. The van der Waals surface area contributed by atoms with Crippen LogP contribution >= 0.6 is 0 Å². The number of aryl methyl sites for hydroxylation is 1. The van der Waals surface area contributed by atoms with Crippen LogP contribution in [0.2, 0.25) is 0 Å². The van der Waals surface area contributed by atoms with Crippen molar-refractivity contribution in [3.05, 3.63) is 46.5 Å². The van der Waals surface area contributed by atoms with Gasteiger partial charge < -0.3 is 10.4 Å². The van der Waals surface area contributed by atoms with Crippen molar-refractivity contribution in [2.24, 2.45) is 7.05 Å². The van der Waals surface area contributed by atoms with Gasteiger partial charge in [-0.25, -0.2) is 26.7 Å². The van der Waals surface area contributed by atoms with Crippen LogP contribution in [-0.4, -0.2) is 26.8 Å². The Bertz CT molecular complexity index is 805. The van der Waals surface area contributed by atoms with Crippen molar-refractivity contribution >= 4 is 17.6 Å². The SMILES string of the molecule is Cn1cc(C(=O)O)c(C(=O)Nc2c(F)c(F)c(F)c(F)c2F)n1. The molecule has 0 fully saturated rings.